The van der Waals surface area contributed by atoms with Crippen LogP contribution in [-0.2, 0) is 11.3 Å². The lowest BCUT2D eigenvalue weighted by Crippen LogP contribution is -2.35. The number of hydrogen-bond acceptors (Lipinski definition) is 8. The summed E-state index contributed by atoms with van der Waals surface area (Å²) >= 11 is 0. The first-order valence-electron chi connectivity index (χ1n) is 8.58. The third-order valence-electron chi connectivity index (χ3n) is 4.11. The predicted octanol–water partition coefficient (Wildman–Crippen LogP) is 0.969. The van der Waals surface area contributed by atoms with Gasteiger partial charge in [-0.2, -0.15) is 5.10 Å². The van der Waals surface area contributed by atoms with Crippen molar-refractivity contribution in [1.82, 2.24) is 40.3 Å². The molecule has 0 saturated heterocycles. The molecular weight excluding hydrogens is 358 g/mol. The lowest BCUT2D eigenvalue weighted by atomic mass is 10.2. The maximum Gasteiger partial charge on any atom is 0.247 e. The molecule has 0 fully saturated rings. The molecular formula is C18H19N9O. The van der Waals surface area contributed by atoms with Crippen molar-refractivity contribution in [1.29, 1.82) is 0 Å². The van der Waals surface area contributed by atoms with E-state index in [-0.39, 0.29) is 12.5 Å². The molecule has 1 aliphatic rings. The first kappa shape index (κ1) is 17.6. The van der Waals surface area contributed by atoms with E-state index in [4.69, 9.17) is 0 Å². The van der Waals surface area contributed by atoms with E-state index in [9.17, 15) is 4.79 Å². The van der Waals surface area contributed by atoms with Crippen LogP contribution in [0.4, 0.5) is 5.82 Å². The molecule has 0 atom stereocenters. The number of rotatable bonds is 5. The summed E-state index contributed by atoms with van der Waals surface area (Å²) in [5.41, 5.74) is 6.54. The third-order valence-corrected chi connectivity index (χ3v) is 4.11. The standard InChI is InChI=1S/C18H19N9O/c1-25-11-16(26(2)24-25)14-8-22-27(10-14)12-18(28)23-17-4-3-13(7-21-17)15-9-19-5-6-20-15/h3-11,24H,12H2,1-2H3,(H,21,23,28). The minimum Gasteiger partial charge on any atom is -0.309 e. The van der Waals surface area contributed by atoms with Crippen molar-refractivity contribution in [3.63, 3.8) is 0 Å². The summed E-state index contributed by atoms with van der Waals surface area (Å²) < 4.78 is 1.59. The van der Waals surface area contributed by atoms with Gasteiger partial charge in [0, 0.05) is 56.2 Å². The Bertz CT molecular complexity index is 997. The van der Waals surface area contributed by atoms with Crippen molar-refractivity contribution in [2.75, 3.05) is 19.4 Å². The monoisotopic (exact) mass is 377 g/mol. The Morgan fingerprint density at radius 3 is 2.68 bits per heavy atom. The fourth-order valence-corrected chi connectivity index (χ4v) is 2.84. The molecule has 1 aliphatic heterocycles. The molecule has 0 aliphatic carbocycles. The zero-order valence-electron chi connectivity index (χ0n) is 15.4. The van der Waals surface area contributed by atoms with Crippen molar-refractivity contribution in [3.8, 4) is 11.3 Å². The highest BCUT2D eigenvalue weighted by molar-refractivity contribution is 5.89. The molecule has 28 heavy (non-hydrogen) atoms. The molecule has 10 heteroatoms. The Kier molecular flexibility index (Phi) is 4.68. The highest BCUT2D eigenvalue weighted by Crippen LogP contribution is 2.20. The molecule has 0 bridgehead atoms. The number of amides is 1. The summed E-state index contributed by atoms with van der Waals surface area (Å²) in [6.07, 6.45) is 12.0. The Morgan fingerprint density at radius 2 is 2.00 bits per heavy atom. The van der Waals surface area contributed by atoms with Crippen LogP contribution in [-0.4, -0.2) is 54.8 Å². The predicted molar refractivity (Wildman–Crippen MR) is 103 cm³/mol. The van der Waals surface area contributed by atoms with Gasteiger partial charge in [0.05, 0.1) is 23.8 Å². The average molecular weight is 377 g/mol. The van der Waals surface area contributed by atoms with Crippen molar-refractivity contribution < 1.29 is 4.79 Å². The fraction of sp³-hybridized carbons (Fsp3) is 0.167. The molecule has 4 heterocycles. The summed E-state index contributed by atoms with van der Waals surface area (Å²) in [5.74, 6) is 0.257. The third kappa shape index (κ3) is 3.81. The van der Waals surface area contributed by atoms with E-state index in [1.807, 2.05) is 42.6 Å². The first-order valence-corrected chi connectivity index (χ1v) is 8.58. The van der Waals surface area contributed by atoms with Gasteiger partial charge in [-0.05, 0) is 12.1 Å². The Balaban J connectivity index is 1.38. The van der Waals surface area contributed by atoms with Gasteiger partial charge in [0.15, 0.2) is 0 Å². The normalized spacial score (nSPS) is 13.6. The van der Waals surface area contributed by atoms with Gasteiger partial charge in [-0.25, -0.2) is 4.98 Å². The highest BCUT2D eigenvalue weighted by Gasteiger charge is 2.17. The minimum atomic E-state index is -0.210. The quantitative estimate of drug-likeness (QED) is 0.678. The number of aromatic nitrogens is 5. The molecule has 3 aromatic rings. The van der Waals surface area contributed by atoms with Gasteiger partial charge in [-0.15, -0.1) is 5.53 Å². The van der Waals surface area contributed by atoms with E-state index in [1.165, 1.54) is 0 Å². The van der Waals surface area contributed by atoms with Crippen LogP contribution < -0.4 is 10.9 Å². The van der Waals surface area contributed by atoms with Gasteiger partial charge in [-0.1, -0.05) is 0 Å². The zero-order valence-corrected chi connectivity index (χ0v) is 15.4. The average Bonchev–Trinajstić information content (AvgIpc) is 3.28. The SMILES string of the molecule is CN1C=C(c2cnn(CC(=O)Nc3ccc(-c4cnccn4)cn3)c2)N(C)N1. The maximum absolute atomic E-state index is 12.3. The van der Waals surface area contributed by atoms with Crippen molar-refractivity contribution in [2.45, 2.75) is 6.54 Å². The Morgan fingerprint density at radius 1 is 1.11 bits per heavy atom. The molecule has 0 aromatic carbocycles. The number of anilines is 1. The van der Waals surface area contributed by atoms with E-state index >= 15 is 0 Å². The second-order valence-corrected chi connectivity index (χ2v) is 6.28. The van der Waals surface area contributed by atoms with Crippen LogP contribution in [0.1, 0.15) is 5.56 Å². The van der Waals surface area contributed by atoms with Crippen LogP contribution >= 0.6 is 0 Å². The van der Waals surface area contributed by atoms with Crippen LogP contribution in [0, 0.1) is 0 Å². The van der Waals surface area contributed by atoms with E-state index < -0.39 is 0 Å². The van der Waals surface area contributed by atoms with Crippen LogP contribution in [0.2, 0.25) is 0 Å². The molecule has 0 unspecified atom stereocenters. The fourth-order valence-electron chi connectivity index (χ4n) is 2.84. The van der Waals surface area contributed by atoms with E-state index in [1.54, 1.807) is 41.7 Å². The number of nitrogens with one attached hydrogen (secondary N) is 2. The number of pyridine rings is 1. The summed E-state index contributed by atoms with van der Waals surface area (Å²) in [7, 11) is 3.82. The van der Waals surface area contributed by atoms with Crippen molar-refractivity contribution in [2.24, 2.45) is 0 Å². The van der Waals surface area contributed by atoms with Gasteiger partial charge >= 0.3 is 0 Å². The molecule has 142 valence electrons. The van der Waals surface area contributed by atoms with Gasteiger partial charge in [-0.3, -0.25) is 29.5 Å². The van der Waals surface area contributed by atoms with Crippen LogP contribution in [0.15, 0.2) is 55.5 Å². The van der Waals surface area contributed by atoms with Crippen LogP contribution in [0.25, 0.3) is 17.0 Å². The van der Waals surface area contributed by atoms with Gasteiger partial charge in [0.1, 0.15) is 12.4 Å². The number of nitrogens with zero attached hydrogens (tertiary/aromatic N) is 7. The lowest BCUT2D eigenvalue weighted by Gasteiger charge is -2.16. The highest BCUT2D eigenvalue weighted by atomic mass is 16.2. The molecule has 1 amide bonds. The lowest BCUT2D eigenvalue weighted by molar-refractivity contribution is -0.116. The van der Waals surface area contributed by atoms with E-state index in [2.05, 4.69) is 30.9 Å². The molecule has 10 nitrogen and oxygen atoms in total. The largest absolute Gasteiger partial charge is 0.309 e. The van der Waals surface area contributed by atoms with Crippen LogP contribution in [0.5, 0.6) is 0 Å². The Hall–Kier alpha value is -3.79. The molecule has 2 N–H and O–H groups in total. The minimum absolute atomic E-state index is 0.0911. The number of hydrogen-bond donors (Lipinski definition) is 2. The molecule has 0 radical (unpaired) electrons. The van der Waals surface area contributed by atoms with Crippen molar-refractivity contribution >= 4 is 17.4 Å². The number of hydrazine groups is 2. The van der Waals surface area contributed by atoms with Gasteiger partial charge in [0.2, 0.25) is 5.91 Å². The molecule has 0 saturated carbocycles. The van der Waals surface area contributed by atoms with E-state index in [0.29, 0.717) is 5.82 Å². The zero-order chi connectivity index (χ0) is 19.5. The first-order chi connectivity index (χ1) is 13.6. The number of carbonyl (C=O) groups is 1. The van der Waals surface area contributed by atoms with Crippen LogP contribution in [0.3, 0.4) is 0 Å². The summed E-state index contributed by atoms with van der Waals surface area (Å²) in [6.45, 7) is 0.0911. The molecule has 3 aromatic heterocycles. The second kappa shape index (κ2) is 7.45. The smallest absolute Gasteiger partial charge is 0.247 e. The van der Waals surface area contributed by atoms with Crippen molar-refractivity contribution in [3.05, 3.63) is 61.1 Å². The summed E-state index contributed by atoms with van der Waals surface area (Å²) in [6, 6.07) is 3.57. The number of carbonyl (C=O) groups excluding carboxylic acids is 1. The summed E-state index contributed by atoms with van der Waals surface area (Å²) in [5, 5.41) is 10.8. The molecule has 0 spiro atoms. The van der Waals surface area contributed by atoms with Gasteiger partial charge < -0.3 is 5.32 Å². The van der Waals surface area contributed by atoms with Gasteiger partial charge in [0.25, 0.3) is 0 Å². The second-order valence-electron chi connectivity index (χ2n) is 6.28. The Labute approximate surface area is 161 Å². The summed E-state index contributed by atoms with van der Waals surface area (Å²) in [4.78, 5) is 24.8. The topological polar surface area (TPSA) is 104 Å². The molecule has 4 rings (SSSR count). The van der Waals surface area contributed by atoms with E-state index in [0.717, 1.165) is 22.5 Å². The maximum atomic E-state index is 12.3.